The Balaban J connectivity index is 2.71. The number of carbonyl (C=O) groups is 1. The van der Waals surface area contributed by atoms with E-state index in [1.165, 1.54) is 0 Å². The molecule has 0 saturated heterocycles. The SMILES string of the molecule is CCNCC(=O)N(C)c1cccc(OC)c1. The van der Waals surface area contributed by atoms with Crippen molar-refractivity contribution in [1.82, 2.24) is 5.32 Å². The number of nitrogens with zero attached hydrogens (tertiary/aromatic N) is 1. The largest absolute Gasteiger partial charge is 0.497 e. The predicted molar refractivity (Wildman–Crippen MR) is 64.9 cm³/mol. The van der Waals surface area contributed by atoms with Gasteiger partial charge in [0.25, 0.3) is 0 Å². The second kappa shape index (κ2) is 6.12. The van der Waals surface area contributed by atoms with Gasteiger partial charge < -0.3 is 15.0 Å². The first kappa shape index (κ1) is 12.5. The molecule has 4 nitrogen and oxygen atoms in total. The van der Waals surface area contributed by atoms with Crippen LogP contribution in [0.4, 0.5) is 5.69 Å². The molecule has 0 spiro atoms. The molecule has 0 aliphatic carbocycles. The van der Waals surface area contributed by atoms with Crippen LogP contribution in [0.5, 0.6) is 5.75 Å². The van der Waals surface area contributed by atoms with Crippen LogP contribution < -0.4 is 15.0 Å². The Bertz CT molecular complexity index is 353. The molecule has 1 aromatic rings. The lowest BCUT2D eigenvalue weighted by Gasteiger charge is -2.18. The van der Waals surface area contributed by atoms with Crippen molar-refractivity contribution in [2.24, 2.45) is 0 Å². The minimum Gasteiger partial charge on any atom is -0.497 e. The molecule has 1 aromatic carbocycles. The molecule has 0 fully saturated rings. The maximum Gasteiger partial charge on any atom is 0.240 e. The smallest absolute Gasteiger partial charge is 0.240 e. The molecule has 0 radical (unpaired) electrons. The summed E-state index contributed by atoms with van der Waals surface area (Å²) in [6, 6.07) is 7.44. The van der Waals surface area contributed by atoms with Gasteiger partial charge in [-0.3, -0.25) is 4.79 Å². The maximum absolute atomic E-state index is 11.7. The minimum atomic E-state index is 0.0371. The Hall–Kier alpha value is -1.55. The lowest BCUT2D eigenvalue weighted by atomic mass is 10.2. The highest BCUT2D eigenvalue weighted by molar-refractivity contribution is 5.94. The second-order valence-electron chi connectivity index (χ2n) is 3.43. The van der Waals surface area contributed by atoms with E-state index in [-0.39, 0.29) is 5.91 Å². The first-order valence-corrected chi connectivity index (χ1v) is 5.30. The summed E-state index contributed by atoms with van der Waals surface area (Å²) in [5, 5.41) is 3.00. The van der Waals surface area contributed by atoms with Crippen LogP contribution in [0.2, 0.25) is 0 Å². The number of nitrogens with one attached hydrogen (secondary N) is 1. The van der Waals surface area contributed by atoms with Crippen LogP contribution in [0, 0.1) is 0 Å². The van der Waals surface area contributed by atoms with Crippen molar-refractivity contribution in [3.8, 4) is 5.75 Å². The van der Waals surface area contributed by atoms with Crippen LogP contribution in [0.25, 0.3) is 0 Å². The molecule has 0 aromatic heterocycles. The van der Waals surface area contributed by atoms with Crippen molar-refractivity contribution in [2.45, 2.75) is 6.92 Å². The Morgan fingerprint density at radius 3 is 2.88 bits per heavy atom. The minimum absolute atomic E-state index is 0.0371. The van der Waals surface area contributed by atoms with E-state index in [0.29, 0.717) is 6.54 Å². The van der Waals surface area contributed by atoms with Crippen molar-refractivity contribution in [1.29, 1.82) is 0 Å². The zero-order valence-corrected chi connectivity index (χ0v) is 9.99. The van der Waals surface area contributed by atoms with Crippen molar-refractivity contribution in [3.05, 3.63) is 24.3 Å². The third kappa shape index (κ3) is 3.24. The van der Waals surface area contributed by atoms with Gasteiger partial charge in [-0.1, -0.05) is 13.0 Å². The highest BCUT2D eigenvalue weighted by Gasteiger charge is 2.10. The van der Waals surface area contributed by atoms with Crippen molar-refractivity contribution < 1.29 is 9.53 Å². The van der Waals surface area contributed by atoms with E-state index in [9.17, 15) is 4.79 Å². The highest BCUT2D eigenvalue weighted by Crippen LogP contribution is 2.19. The van der Waals surface area contributed by atoms with Gasteiger partial charge in [0.2, 0.25) is 5.91 Å². The molecule has 0 unspecified atom stereocenters. The number of carbonyl (C=O) groups excluding carboxylic acids is 1. The van der Waals surface area contributed by atoms with Crippen LogP contribution in [0.15, 0.2) is 24.3 Å². The number of hydrogen-bond acceptors (Lipinski definition) is 3. The number of likely N-dealkylation sites (N-methyl/N-ethyl adjacent to an activating group) is 2. The topological polar surface area (TPSA) is 41.6 Å². The molecule has 88 valence electrons. The van der Waals surface area contributed by atoms with Crippen LogP contribution >= 0.6 is 0 Å². The van der Waals surface area contributed by atoms with Crippen LogP contribution in [-0.2, 0) is 4.79 Å². The number of ether oxygens (including phenoxy) is 1. The van der Waals surface area contributed by atoms with Gasteiger partial charge in [-0.15, -0.1) is 0 Å². The lowest BCUT2D eigenvalue weighted by Crippen LogP contribution is -2.35. The molecule has 0 atom stereocenters. The van der Waals surface area contributed by atoms with Gasteiger partial charge in [0.15, 0.2) is 0 Å². The van der Waals surface area contributed by atoms with Gasteiger partial charge >= 0.3 is 0 Å². The molecule has 4 heteroatoms. The third-order valence-electron chi connectivity index (χ3n) is 2.34. The molecule has 1 N–H and O–H groups in total. The number of rotatable bonds is 5. The number of methoxy groups -OCH3 is 1. The van der Waals surface area contributed by atoms with Gasteiger partial charge in [-0.25, -0.2) is 0 Å². The Morgan fingerprint density at radius 1 is 1.50 bits per heavy atom. The van der Waals surface area contributed by atoms with Gasteiger partial charge in [-0.2, -0.15) is 0 Å². The molecule has 0 saturated carbocycles. The molecule has 1 rings (SSSR count). The van der Waals surface area contributed by atoms with Crippen molar-refractivity contribution in [3.63, 3.8) is 0 Å². The van der Waals surface area contributed by atoms with Crippen LogP contribution in [0.1, 0.15) is 6.92 Å². The van der Waals surface area contributed by atoms with E-state index in [2.05, 4.69) is 5.32 Å². The average Bonchev–Trinajstić information content (AvgIpc) is 2.35. The molecule has 1 amide bonds. The standard InChI is InChI=1S/C12H18N2O2/c1-4-13-9-12(15)14(2)10-6-5-7-11(8-10)16-3/h5-8,13H,4,9H2,1-3H3. The van der Waals surface area contributed by atoms with Gasteiger partial charge in [0.05, 0.1) is 13.7 Å². The van der Waals surface area contributed by atoms with Crippen molar-refractivity contribution in [2.75, 3.05) is 32.1 Å². The number of amides is 1. The molecule has 0 bridgehead atoms. The molecule has 16 heavy (non-hydrogen) atoms. The summed E-state index contributed by atoms with van der Waals surface area (Å²) in [5.41, 5.74) is 0.835. The fourth-order valence-corrected chi connectivity index (χ4v) is 1.31. The number of benzene rings is 1. The summed E-state index contributed by atoms with van der Waals surface area (Å²) in [6.45, 7) is 3.11. The summed E-state index contributed by atoms with van der Waals surface area (Å²) in [5.74, 6) is 0.788. The van der Waals surface area contributed by atoms with E-state index in [1.807, 2.05) is 31.2 Å². The first-order valence-electron chi connectivity index (χ1n) is 5.30. The second-order valence-corrected chi connectivity index (χ2v) is 3.43. The van der Waals surface area contributed by atoms with E-state index in [4.69, 9.17) is 4.74 Å². The summed E-state index contributed by atoms with van der Waals surface area (Å²) < 4.78 is 5.11. The van der Waals surface area contributed by atoms with Gasteiger partial charge in [0.1, 0.15) is 5.75 Å². The van der Waals surface area contributed by atoms with E-state index in [0.717, 1.165) is 18.0 Å². The quantitative estimate of drug-likeness (QED) is 0.815. The summed E-state index contributed by atoms with van der Waals surface area (Å²) in [7, 11) is 3.37. The fourth-order valence-electron chi connectivity index (χ4n) is 1.31. The van der Waals surface area contributed by atoms with Crippen molar-refractivity contribution >= 4 is 11.6 Å². The van der Waals surface area contributed by atoms with Gasteiger partial charge in [0, 0.05) is 18.8 Å². The molecule has 0 heterocycles. The van der Waals surface area contributed by atoms with Crippen LogP contribution in [-0.4, -0.2) is 33.2 Å². The normalized spacial score (nSPS) is 9.94. The summed E-state index contributed by atoms with van der Waals surface area (Å²) in [4.78, 5) is 13.3. The predicted octanol–water partition coefficient (Wildman–Crippen LogP) is 1.27. The fraction of sp³-hybridized carbons (Fsp3) is 0.417. The maximum atomic E-state index is 11.7. The zero-order chi connectivity index (χ0) is 12.0. The molecular weight excluding hydrogens is 204 g/mol. The Morgan fingerprint density at radius 2 is 2.25 bits per heavy atom. The highest BCUT2D eigenvalue weighted by atomic mass is 16.5. The number of hydrogen-bond donors (Lipinski definition) is 1. The monoisotopic (exact) mass is 222 g/mol. The Labute approximate surface area is 96.2 Å². The Kier molecular flexibility index (Phi) is 4.79. The third-order valence-corrected chi connectivity index (χ3v) is 2.34. The molecule has 0 aliphatic heterocycles. The van der Waals surface area contributed by atoms with Crippen LogP contribution in [0.3, 0.4) is 0 Å². The van der Waals surface area contributed by atoms with E-state index >= 15 is 0 Å². The zero-order valence-electron chi connectivity index (χ0n) is 9.99. The van der Waals surface area contributed by atoms with Gasteiger partial charge in [-0.05, 0) is 18.7 Å². The first-order chi connectivity index (χ1) is 7.69. The summed E-state index contributed by atoms with van der Waals surface area (Å²) in [6.07, 6.45) is 0. The average molecular weight is 222 g/mol. The van der Waals surface area contributed by atoms with E-state index in [1.54, 1.807) is 19.1 Å². The lowest BCUT2D eigenvalue weighted by molar-refractivity contribution is -0.117. The summed E-state index contributed by atoms with van der Waals surface area (Å²) >= 11 is 0. The molecular formula is C12H18N2O2. The molecule has 0 aliphatic rings. The number of anilines is 1. The van der Waals surface area contributed by atoms with E-state index < -0.39 is 0 Å².